The predicted molar refractivity (Wildman–Crippen MR) is 81.9 cm³/mol. The van der Waals surface area contributed by atoms with Crippen LogP contribution in [0.1, 0.15) is 11.1 Å². The molecule has 2 heterocycles. The molecule has 0 aliphatic carbocycles. The van der Waals surface area contributed by atoms with Gasteiger partial charge in [-0.1, -0.05) is 12.1 Å². The van der Waals surface area contributed by atoms with Gasteiger partial charge in [0.2, 0.25) is 0 Å². The van der Waals surface area contributed by atoms with E-state index < -0.39 is 0 Å². The summed E-state index contributed by atoms with van der Waals surface area (Å²) in [6, 6.07) is 11.4. The van der Waals surface area contributed by atoms with Gasteiger partial charge in [0.25, 0.3) is 0 Å². The molecule has 0 unspecified atom stereocenters. The predicted octanol–water partition coefficient (Wildman–Crippen LogP) is 4.42. The van der Waals surface area contributed by atoms with Gasteiger partial charge in [0.05, 0.1) is 0 Å². The monoisotopic (exact) mass is 313 g/mol. The summed E-state index contributed by atoms with van der Waals surface area (Å²) >= 11 is 0. The van der Waals surface area contributed by atoms with E-state index in [0.717, 1.165) is 11.1 Å². The quantitative estimate of drug-likeness (QED) is 0.601. The van der Waals surface area contributed by atoms with Crippen LogP contribution in [0.15, 0.2) is 45.2 Å². The normalized spacial score (nSPS) is 11.4. The molecule has 6 nitrogen and oxygen atoms in total. The molecule has 1 N–H and O–H groups in total. The molecule has 7 heteroatoms. The second-order valence-electron chi connectivity index (χ2n) is 5.19. The summed E-state index contributed by atoms with van der Waals surface area (Å²) in [5.74, 6) is 0. The van der Waals surface area contributed by atoms with Crippen LogP contribution in [-0.2, 0) is 11.5 Å². The van der Waals surface area contributed by atoms with Crippen molar-refractivity contribution >= 4 is 34.2 Å². The topological polar surface area (TPSA) is 73.3 Å². The fourth-order valence-electron chi connectivity index (χ4n) is 2.36. The highest BCUT2D eigenvalue weighted by molar-refractivity contribution is 5.77. The molecule has 0 saturated carbocycles. The van der Waals surface area contributed by atoms with Crippen LogP contribution in [0.2, 0.25) is 0 Å². The van der Waals surface area contributed by atoms with Gasteiger partial charge in [-0.3, -0.25) is 5.32 Å². The zero-order chi connectivity index (χ0) is 15.8. The lowest BCUT2D eigenvalue weighted by Crippen LogP contribution is -1.89. The van der Waals surface area contributed by atoms with Gasteiger partial charge in [-0.25, -0.2) is 0 Å². The SMILES string of the molecule is Cc1ccc2nc(Nc3nc4cc(COF)ccc4o3)oc2c1. The van der Waals surface area contributed by atoms with Crippen LogP contribution in [-0.4, -0.2) is 9.97 Å². The number of hydrogen-bond acceptors (Lipinski definition) is 6. The van der Waals surface area contributed by atoms with Gasteiger partial charge >= 0.3 is 12.0 Å². The maximum absolute atomic E-state index is 11.9. The zero-order valence-corrected chi connectivity index (χ0v) is 12.2. The summed E-state index contributed by atoms with van der Waals surface area (Å²) in [6.45, 7) is 1.85. The summed E-state index contributed by atoms with van der Waals surface area (Å²) in [4.78, 5) is 12.2. The van der Waals surface area contributed by atoms with E-state index in [9.17, 15) is 4.53 Å². The first-order valence-electron chi connectivity index (χ1n) is 6.98. The first-order valence-corrected chi connectivity index (χ1v) is 6.98. The van der Waals surface area contributed by atoms with Crippen LogP contribution < -0.4 is 5.32 Å². The summed E-state index contributed by atoms with van der Waals surface area (Å²) in [7, 11) is 0. The Morgan fingerprint density at radius 1 is 1.00 bits per heavy atom. The summed E-state index contributed by atoms with van der Waals surface area (Å²) < 4.78 is 23.1. The van der Waals surface area contributed by atoms with Crippen molar-refractivity contribution in [2.45, 2.75) is 13.5 Å². The van der Waals surface area contributed by atoms with Crippen molar-refractivity contribution in [3.8, 4) is 0 Å². The number of aromatic nitrogens is 2. The summed E-state index contributed by atoms with van der Waals surface area (Å²) in [5, 5.41) is 2.89. The lowest BCUT2D eigenvalue weighted by molar-refractivity contribution is -0.144. The Labute approximate surface area is 129 Å². The van der Waals surface area contributed by atoms with Crippen LogP contribution >= 0.6 is 0 Å². The molecule has 0 atom stereocenters. The van der Waals surface area contributed by atoms with Crippen LogP contribution in [0.4, 0.5) is 16.6 Å². The van der Waals surface area contributed by atoms with Crippen LogP contribution in [0.5, 0.6) is 0 Å². The molecule has 2 aromatic heterocycles. The summed E-state index contributed by atoms with van der Waals surface area (Å²) in [5.41, 5.74) is 4.35. The van der Waals surface area contributed by atoms with E-state index in [1.54, 1.807) is 18.2 Å². The van der Waals surface area contributed by atoms with Crippen LogP contribution in [0, 0.1) is 6.92 Å². The third-order valence-electron chi connectivity index (χ3n) is 3.43. The summed E-state index contributed by atoms with van der Waals surface area (Å²) in [6.07, 6.45) is 0. The minimum Gasteiger partial charge on any atom is -0.423 e. The Balaban J connectivity index is 1.65. The average molecular weight is 313 g/mol. The van der Waals surface area contributed by atoms with Crippen molar-refractivity contribution in [3.63, 3.8) is 0 Å². The van der Waals surface area contributed by atoms with E-state index in [2.05, 4.69) is 20.2 Å². The maximum atomic E-state index is 11.9. The van der Waals surface area contributed by atoms with Crippen molar-refractivity contribution < 1.29 is 18.3 Å². The third-order valence-corrected chi connectivity index (χ3v) is 3.43. The number of nitrogens with one attached hydrogen (secondary N) is 1. The molecule has 0 spiro atoms. The minimum absolute atomic E-state index is 0.129. The van der Waals surface area contributed by atoms with E-state index in [4.69, 9.17) is 8.83 Å². The van der Waals surface area contributed by atoms with E-state index >= 15 is 0 Å². The molecule has 116 valence electrons. The molecular weight excluding hydrogens is 301 g/mol. The van der Waals surface area contributed by atoms with Crippen molar-refractivity contribution in [3.05, 3.63) is 47.5 Å². The first kappa shape index (κ1) is 13.7. The van der Waals surface area contributed by atoms with Gasteiger partial charge in [-0.05, 0) is 46.8 Å². The van der Waals surface area contributed by atoms with Gasteiger partial charge in [-0.15, -0.1) is 0 Å². The number of benzene rings is 2. The number of nitrogens with zero attached hydrogens (tertiary/aromatic N) is 2. The van der Waals surface area contributed by atoms with Gasteiger partial charge in [-0.2, -0.15) is 14.9 Å². The molecule has 4 rings (SSSR count). The second kappa shape index (κ2) is 5.36. The molecule has 2 aromatic carbocycles. The highest BCUT2D eigenvalue weighted by Crippen LogP contribution is 2.25. The molecule has 0 radical (unpaired) electrons. The zero-order valence-electron chi connectivity index (χ0n) is 12.2. The van der Waals surface area contributed by atoms with E-state index in [1.807, 2.05) is 25.1 Å². The molecule has 0 aliphatic rings. The number of oxazole rings is 2. The fourth-order valence-corrected chi connectivity index (χ4v) is 2.36. The fraction of sp³-hybridized carbons (Fsp3) is 0.125. The van der Waals surface area contributed by atoms with Crippen molar-refractivity contribution in [2.75, 3.05) is 5.32 Å². The highest BCUT2D eigenvalue weighted by atomic mass is 19.3. The van der Waals surface area contributed by atoms with Crippen molar-refractivity contribution in [2.24, 2.45) is 0 Å². The number of fused-ring (bicyclic) bond motifs is 2. The maximum Gasteiger partial charge on any atom is 0.303 e. The smallest absolute Gasteiger partial charge is 0.303 e. The van der Waals surface area contributed by atoms with Gasteiger partial charge in [0.15, 0.2) is 11.2 Å². The molecule has 0 saturated heterocycles. The standard InChI is InChI=1S/C16H12FN3O3/c1-9-2-4-11-14(6-9)23-15(18-11)20-16-19-12-7-10(8-21-17)3-5-13(12)22-16/h2-7H,8H2,1H3,(H,18,19,20). The molecule has 0 amide bonds. The number of anilines is 2. The largest absolute Gasteiger partial charge is 0.423 e. The number of hydrogen-bond donors (Lipinski definition) is 1. The average Bonchev–Trinajstić information content (AvgIpc) is 3.09. The van der Waals surface area contributed by atoms with Crippen molar-refractivity contribution in [1.82, 2.24) is 9.97 Å². The van der Waals surface area contributed by atoms with Crippen LogP contribution in [0.25, 0.3) is 22.2 Å². The molecule has 0 aliphatic heterocycles. The highest BCUT2D eigenvalue weighted by Gasteiger charge is 2.11. The number of aryl methyl sites for hydroxylation is 1. The van der Waals surface area contributed by atoms with Gasteiger partial charge in [0.1, 0.15) is 17.6 Å². The molecule has 4 aromatic rings. The molecular formula is C16H12FN3O3. The van der Waals surface area contributed by atoms with Crippen molar-refractivity contribution in [1.29, 1.82) is 0 Å². The Morgan fingerprint density at radius 2 is 1.78 bits per heavy atom. The van der Waals surface area contributed by atoms with Crippen LogP contribution in [0.3, 0.4) is 0 Å². The minimum atomic E-state index is -0.129. The molecule has 23 heavy (non-hydrogen) atoms. The van der Waals surface area contributed by atoms with E-state index in [-0.39, 0.29) is 12.6 Å². The van der Waals surface area contributed by atoms with E-state index in [1.165, 1.54) is 0 Å². The van der Waals surface area contributed by atoms with Gasteiger partial charge < -0.3 is 8.83 Å². The molecule has 0 fully saturated rings. The number of rotatable bonds is 4. The lowest BCUT2D eigenvalue weighted by atomic mass is 10.2. The van der Waals surface area contributed by atoms with Gasteiger partial charge in [0, 0.05) is 0 Å². The Bertz CT molecular complexity index is 993. The third kappa shape index (κ3) is 2.62. The first-order chi connectivity index (χ1) is 11.2. The Morgan fingerprint density at radius 3 is 2.61 bits per heavy atom. The lowest BCUT2D eigenvalue weighted by Gasteiger charge is -1.93. The second-order valence-corrected chi connectivity index (χ2v) is 5.19. The Kier molecular flexibility index (Phi) is 3.20. The molecule has 0 bridgehead atoms. The van der Waals surface area contributed by atoms with E-state index in [0.29, 0.717) is 28.3 Å². The number of halogens is 1. The Hall–Kier alpha value is -2.93.